The molecule has 0 amide bonds. The van der Waals surface area contributed by atoms with Crippen molar-refractivity contribution in [1.82, 2.24) is 0 Å². The SMILES string of the molecule is CC(CN)Oc1ccc(C(F)(F)F)cc1-c1cc(NS(=O)c2cc(C=O)cc(Cl)c2O)c(F)cc1F. The van der Waals surface area contributed by atoms with E-state index in [0.717, 1.165) is 30.3 Å². The van der Waals surface area contributed by atoms with Crippen LogP contribution in [0.4, 0.5) is 27.6 Å². The van der Waals surface area contributed by atoms with Gasteiger partial charge >= 0.3 is 6.18 Å². The molecule has 6 nitrogen and oxygen atoms in total. The lowest BCUT2D eigenvalue weighted by Gasteiger charge is -2.19. The molecular formula is C23H18ClF5N2O4S. The van der Waals surface area contributed by atoms with Gasteiger partial charge in [-0.15, -0.1) is 0 Å². The number of ether oxygens (including phenoxy) is 1. The molecule has 0 aliphatic heterocycles. The summed E-state index contributed by atoms with van der Waals surface area (Å²) in [6.07, 6.45) is -5.04. The summed E-state index contributed by atoms with van der Waals surface area (Å²) in [7, 11) is -2.42. The van der Waals surface area contributed by atoms with Gasteiger partial charge in [0.1, 0.15) is 34.7 Å². The molecule has 13 heteroatoms. The van der Waals surface area contributed by atoms with Gasteiger partial charge in [0, 0.05) is 29.3 Å². The lowest BCUT2D eigenvalue weighted by atomic mass is 10.00. The molecule has 192 valence electrons. The van der Waals surface area contributed by atoms with Gasteiger partial charge in [0.2, 0.25) is 0 Å². The van der Waals surface area contributed by atoms with E-state index in [2.05, 4.69) is 4.72 Å². The Morgan fingerprint density at radius 2 is 1.83 bits per heavy atom. The lowest BCUT2D eigenvalue weighted by molar-refractivity contribution is -0.137. The predicted octanol–water partition coefficient (Wildman–Crippen LogP) is 5.68. The minimum Gasteiger partial charge on any atom is -0.505 e. The van der Waals surface area contributed by atoms with E-state index in [-0.39, 0.29) is 33.3 Å². The van der Waals surface area contributed by atoms with Crippen molar-refractivity contribution in [2.45, 2.75) is 24.1 Å². The molecule has 0 fully saturated rings. The van der Waals surface area contributed by atoms with Crippen LogP contribution in [0.25, 0.3) is 11.1 Å². The Morgan fingerprint density at radius 1 is 1.14 bits per heavy atom. The maximum Gasteiger partial charge on any atom is 0.416 e. The van der Waals surface area contributed by atoms with Gasteiger partial charge in [-0.1, -0.05) is 11.6 Å². The number of halogens is 6. The second-order valence-corrected chi connectivity index (χ2v) is 9.11. The largest absolute Gasteiger partial charge is 0.505 e. The molecule has 2 atom stereocenters. The van der Waals surface area contributed by atoms with E-state index >= 15 is 0 Å². The summed E-state index contributed by atoms with van der Waals surface area (Å²) in [5.41, 5.74) is 2.93. The van der Waals surface area contributed by atoms with Crippen molar-refractivity contribution in [3.63, 3.8) is 0 Å². The molecular weight excluding hydrogens is 531 g/mol. The van der Waals surface area contributed by atoms with Gasteiger partial charge in [0.15, 0.2) is 16.7 Å². The van der Waals surface area contributed by atoms with Crippen LogP contribution in [0.2, 0.25) is 5.02 Å². The van der Waals surface area contributed by atoms with Crippen molar-refractivity contribution in [1.29, 1.82) is 0 Å². The molecule has 0 radical (unpaired) electrons. The van der Waals surface area contributed by atoms with Crippen LogP contribution in [0.5, 0.6) is 11.5 Å². The van der Waals surface area contributed by atoms with Crippen LogP contribution < -0.4 is 15.2 Å². The predicted molar refractivity (Wildman–Crippen MR) is 124 cm³/mol. The number of carbonyl (C=O) groups is 1. The number of carbonyl (C=O) groups excluding carboxylic acids is 1. The van der Waals surface area contributed by atoms with E-state index in [9.17, 15) is 36.1 Å². The quantitative estimate of drug-likeness (QED) is 0.248. The average Bonchev–Trinajstić information content (AvgIpc) is 2.81. The van der Waals surface area contributed by atoms with Crippen LogP contribution in [0, 0.1) is 11.6 Å². The van der Waals surface area contributed by atoms with Gasteiger partial charge in [-0.25, -0.2) is 13.0 Å². The molecule has 0 saturated heterocycles. The first-order valence-electron chi connectivity index (χ1n) is 10.1. The van der Waals surface area contributed by atoms with Gasteiger partial charge in [-0.2, -0.15) is 13.2 Å². The van der Waals surface area contributed by atoms with Crippen molar-refractivity contribution >= 4 is 34.6 Å². The van der Waals surface area contributed by atoms with Gasteiger partial charge < -0.3 is 15.6 Å². The van der Waals surface area contributed by atoms with E-state index in [1.165, 1.54) is 0 Å². The highest BCUT2D eigenvalue weighted by molar-refractivity contribution is 7.86. The summed E-state index contributed by atoms with van der Waals surface area (Å²) in [5.74, 6) is -3.25. The number of benzene rings is 3. The van der Waals surface area contributed by atoms with E-state index in [1.54, 1.807) is 6.92 Å². The fourth-order valence-corrected chi connectivity index (χ4v) is 4.35. The third-order valence-electron chi connectivity index (χ3n) is 4.90. The number of phenolic OH excluding ortho intramolecular Hbond substituents is 1. The summed E-state index contributed by atoms with van der Waals surface area (Å²) in [4.78, 5) is 10.7. The van der Waals surface area contributed by atoms with Crippen LogP contribution in [0.3, 0.4) is 0 Å². The standard InChI is InChI=1S/C23H18ClF5N2O4S/c1-11(9-30)35-20-3-2-13(23(27,28)29)6-15(20)14-7-19(18(26)8-17(14)25)31-36(34)21-5-12(10-32)4-16(24)22(21)33/h2-8,10-11,31,33H,9,30H2,1H3. The number of nitrogens with two attached hydrogens (primary N) is 1. The number of hydrogen-bond donors (Lipinski definition) is 3. The normalized spacial score (nSPS) is 13.2. The third kappa shape index (κ3) is 5.94. The highest BCUT2D eigenvalue weighted by Gasteiger charge is 2.32. The molecule has 0 aromatic heterocycles. The Morgan fingerprint density at radius 3 is 2.44 bits per heavy atom. The first kappa shape index (κ1) is 27.4. The Bertz CT molecular complexity index is 1340. The summed E-state index contributed by atoms with van der Waals surface area (Å²) in [5, 5.41) is 9.79. The number of nitrogens with one attached hydrogen (secondary N) is 1. The molecule has 4 N–H and O–H groups in total. The number of hydrogen-bond acceptors (Lipinski definition) is 5. The number of aldehydes is 1. The van der Waals surface area contributed by atoms with E-state index < -0.39 is 57.5 Å². The van der Waals surface area contributed by atoms with Crippen molar-refractivity contribution in [2.24, 2.45) is 5.73 Å². The van der Waals surface area contributed by atoms with E-state index in [1.807, 2.05) is 0 Å². The molecule has 36 heavy (non-hydrogen) atoms. The lowest BCUT2D eigenvalue weighted by Crippen LogP contribution is -2.23. The molecule has 0 heterocycles. The number of anilines is 1. The second kappa shape index (κ2) is 10.8. The number of aromatic hydroxyl groups is 1. The van der Waals surface area contributed by atoms with Crippen LogP contribution >= 0.6 is 11.6 Å². The van der Waals surface area contributed by atoms with Crippen molar-refractivity contribution in [3.8, 4) is 22.6 Å². The summed E-state index contributed by atoms with van der Waals surface area (Å²) < 4.78 is 90.0. The average molecular weight is 549 g/mol. The third-order valence-corrected chi connectivity index (χ3v) is 6.31. The molecule has 0 bridgehead atoms. The van der Waals surface area contributed by atoms with E-state index in [0.29, 0.717) is 18.4 Å². The molecule has 3 rings (SSSR count). The van der Waals surface area contributed by atoms with Crippen LogP contribution in [0.1, 0.15) is 22.8 Å². The van der Waals surface area contributed by atoms with Gasteiger partial charge in [0.05, 0.1) is 16.3 Å². The van der Waals surface area contributed by atoms with Crippen LogP contribution in [0.15, 0.2) is 47.4 Å². The molecule has 0 aliphatic rings. The molecule has 2 unspecified atom stereocenters. The molecule has 3 aromatic rings. The zero-order valence-corrected chi connectivity index (χ0v) is 19.9. The zero-order valence-electron chi connectivity index (χ0n) is 18.3. The highest BCUT2D eigenvalue weighted by Crippen LogP contribution is 2.40. The monoisotopic (exact) mass is 548 g/mol. The Hall–Kier alpha value is -3.22. The number of phenols is 1. The first-order valence-corrected chi connectivity index (χ1v) is 11.6. The minimum atomic E-state index is -4.77. The fourth-order valence-electron chi connectivity index (χ4n) is 3.08. The molecule has 0 saturated carbocycles. The summed E-state index contributed by atoms with van der Waals surface area (Å²) in [6.45, 7) is 1.55. The summed E-state index contributed by atoms with van der Waals surface area (Å²) in [6, 6.07) is 5.70. The van der Waals surface area contributed by atoms with Crippen molar-refractivity contribution in [2.75, 3.05) is 11.3 Å². The van der Waals surface area contributed by atoms with E-state index in [4.69, 9.17) is 22.1 Å². The maximum absolute atomic E-state index is 14.8. The Kier molecular flexibility index (Phi) is 8.22. The first-order chi connectivity index (χ1) is 16.8. The van der Waals surface area contributed by atoms with Gasteiger partial charge in [0.25, 0.3) is 0 Å². The van der Waals surface area contributed by atoms with Crippen molar-refractivity contribution in [3.05, 3.63) is 70.2 Å². The van der Waals surface area contributed by atoms with Crippen molar-refractivity contribution < 1.29 is 40.8 Å². The van der Waals surface area contributed by atoms with Crippen LogP contribution in [-0.4, -0.2) is 28.3 Å². The molecule has 0 aliphatic carbocycles. The van der Waals surface area contributed by atoms with Gasteiger partial charge in [-0.3, -0.25) is 9.52 Å². The number of alkyl halides is 3. The topological polar surface area (TPSA) is 102 Å². The maximum atomic E-state index is 14.8. The fraction of sp³-hybridized carbons (Fsp3) is 0.174. The zero-order chi connectivity index (χ0) is 26.8. The smallest absolute Gasteiger partial charge is 0.416 e. The van der Waals surface area contributed by atoms with Gasteiger partial charge in [-0.05, 0) is 43.3 Å². The molecule has 0 spiro atoms. The minimum absolute atomic E-state index is 0.00402. The highest BCUT2D eigenvalue weighted by atomic mass is 35.5. The second-order valence-electron chi connectivity index (χ2n) is 7.52. The molecule has 3 aromatic carbocycles. The number of rotatable bonds is 8. The summed E-state index contributed by atoms with van der Waals surface area (Å²) >= 11 is 5.82. The Labute approximate surface area is 209 Å². The van der Waals surface area contributed by atoms with Crippen LogP contribution in [-0.2, 0) is 17.2 Å². The Balaban J connectivity index is 2.12.